The molecule has 0 saturated carbocycles. The van der Waals surface area contributed by atoms with Crippen LogP contribution in [0.2, 0.25) is 0 Å². The summed E-state index contributed by atoms with van der Waals surface area (Å²) in [5.74, 6) is 0. The Kier molecular flexibility index (Phi) is 11.2. The first kappa shape index (κ1) is 18.9. The van der Waals surface area contributed by atoms with Crippen molar-refractivity contribution in [2.75, 3.05) is 0 Å². The number of hydrogen-bond acceptors (Lipinski definition) is 2. The standard InChI is InChI=1S/2C6H13N.2ClH/c2*1-5-3-4-6(2)7-5;;/h2*5-7H,3-4H2,1-2H3;2*1H/t2*5-,6+;;. The molecule has 2 heterocycles. The Morgan fingerprint density at radius 2 is 0.750 bits per heavy atom. The number of nitrogens with one attached hydrogen (secondary N) is 2. The lowest BCUT2D eigenvalue weighted by molar-refractivity contribution is 0.596. The third kappa shape index (κ3) is 7.72. The second kappa shape index (κ2) is 9.52. The molecule has 100 valence electrons. The third-order valence-electron chi connectivity index (χ3n) is 3.20. The Balaban J connectivity index is 0. The zero-order valence-corrected chi connectivity index (χ0v) is 12.6. The molecular formula is C12H28Cl2N2. The fraction of sp³-hybridized carbons (Fsp3) is 1.00. The first-order valence-electron chi connectivity index (χ1n) is 6.10. The zero-order valence-electron chi connectivity index (χ0n) is 11.0. The molecule has 4 heteroatoms. The minimum Gasteiger partial charge on any atom is -0.312 e. The van der Waals surface area contributed by atoms with Crippen LogP contribution >= 0.6 is 24.8 Å². The molecule has 2 aliphatic heterocycles. The topological polar surface area (TPSA) is 24.1 Å². The van der Waals surface area contributed by atoms with Gasteiger partial charge < -0.3 is 10.6 Å². The van der Waals surface area contributed by atoms with Crippen molar-refractivity contribution in [1.82, 2.24) is 10.6 Å². The van der Waals surface area contributed by atoms with Crippen molar-refractivity contribution in [2.45, 2.75) is 77.5 Å². The molecule has 0 amide bonds. The molecule has 0 aliphatic carbocycles. The summed E-state index contributed by atoms with van der Waals surface area (Å²) in [4.78, 5) is 0. The molecule has 0 aromatic heterocycles. The van der Waals surface area contributed by atoms with E-state index in [2.05, 4.69) is 38.3 Å². The van der Waals surface area contributed by atoms with E-state index < -0.39 is 0 Å². The Bertz CT molecular complexity index is 133. The van der Waals surface area contributed by atoms with E-state index >= 15 is 0 Å². The van der Waals surface area contributed by atoms with Crippen molar-refractivity contribution in [3.8, 4) is 0 Å². The zero-order chi connectivity index (χ0) is 10.6. The molecule has 2 nitrogen and oxygen atoms in total. The van der Waals surface area contributed by atoms with E-state index in [-0.39, 0.29) is 24.8 Å². The molecule has 2 fully saturated rings. The summed E-state index contributed by atoms with van der Waals surface area (Å²) >= 11 is 0. The van der Waals surface area contributed by atoms with E-state index in [9.17, 15) is 0 Å². The number of hydrogen-bond donors (Lipinski definition) is 2. The van der Waals surface area contributed by atoms with Crippen molar-refractivity contribution < 1.29 is 0 Å². The van der Waals surface area contributed by atoms with Gasteiger partial charge in [-0.05, 0) is 53.4 Å². The fourth-order valence-corrected chi connectivity index (χ4v) is 2.30. The van der Waals surface area contributed by atoms with E-state index in [1.165, 1.54) is 25.7 Å². The van der Waals surface area contributed by atoms with Gasteiger partial charge in [0.1, 0.15) is 0 Å². The van der Waals surface area contributed by atoms with Crippen molar-refractivity contribution in [3.63, 3.8) is 0 Å². The third-order valence-corrected chi connectivity index (χ3v) is 3.20. The van der Waals surface area contributed by atoms with Crippen molar-refractivity contribution in [1.29, 1.82) is 0 Å². The minimum absolute atomic E-state index is 0. The quantitative estimate of drug-likeness (QED) is 0.707. The summed E-state index contributed by atoms with van der Waals surface area (Å²) in [6, 6.07) is 3.09. The van der Waals surface area contributed by atoms with Gasteiger partial charge in [-0.2, -0.15) is 0 Å². The Morgan fingerprint density at radius 1 is 0.562 bits per heavy atom. The molecule has 16 heavy (non-hydrogen) atoms. The highest BCUT2D eigenvalue weighted by Crippen LogP contribution is 2.10. The van der Waals surface area contributed by atoms with Gasteiger partial charge in [0.05, 0.1) is 0 Å². The van der Waals surface area contributed by atoms with E-state index in [1.807, 2.05) is 0 Å². The van der Waals surface area contributed by atoms with E-state index in [0.29, 0.717) is 0 Å². The molecule has 0 radical (unpaired) electrons. The smallest absolute Gasteiger partial charge is 0.00417 e. The van der Waals surface area contributed by atoms with Crippen LogP contribution in [-0.2, 0) is 0 Å². The Hall–Kier alpha value is 0.500. The van der Waals surface area contributed by atoms with Gasteiger partial charge >= 0.3 is 0 Å². The summed E-state index contributed by atoms with van der Waals surface area (Å²) in [7, 11) is 0. The second-order valence-corrected chi connectivity index (χ2v) is 5.09. The lowest BCUT2D eigenvalue weighted by atomic mass is 10.2. The Morgan fingerprint density at radius 3 is 0.812 bits per heavy atom. The molecule has 4 atom stereocenters. The van der Waals surface area contributed by atoms with Gasteiger partial charge in [-0.25, -0.2) is 0 Å². The summed E-state index contributed by atoms with van der Waals surface area (Å²) in [6.45, 7) is 8.96. The summed E-state index contributed by atoms with van der Waals surface area (Å²) in [5.41, 5.74) is 0. The molecule has 0 bridgehead atoms. The van der Waals surface area contributed by atoms with Gasteiger partial charge in [0.25, 0.3) is 0 Å². The van der Waals surface area contributed by atoms with Gasteiger partial charge in [-0.15, -0.1) is 24.8 Å². The first-order chi connectivity index (χ1) is 6.58. The van der Waals surface area contributed by atoms with Crippen LogP contribution in [0.25, 0.3) is 0 Å². The highest BCUT2D eigenvalue weighted by atomic mass is 35.5. The molecule has 0 aromatic carbocycles. The molecule has 2 N–H and O–H groups in total. The highest BCUT2D eigenvalue weighted by Gasteiger charge is 2.14. The van der Waals surface area contributed by atoms with Crippen molar-refractivity contribution in [3.05, 3.63) is 0 Å². The maximum absolute atomic E-state index is 3.42. The lowest BCUT2D eigenvalue weighted by Gasteiger charge is -2.01. The van der Waals surface area contributed by atoms with E-state index in [1.54, 1.807) is 0 Å². The van der Waals surface area contributed by atoms with Gasteiger partial charge in [-0.3, -0.25) is 0 Å². The molecular weight excluding hydrogens is 243 g/mol. The van der Waals surface area contributed by atoms with Gasteiger partial charge in [0.2, 0.25) is 0 Å². The highest BCUT2D eigenvalue weighted by molar-refractivity contribution is 5.85. The first-order valence-corrected chi connectivity index (χ1v) is 6.10. The Labute approximate surface area is 113 Å². The van der Waals surface area contributed by atoms with Crippen molar-refractivity contribution in [2.24, 2.45) is 0 Å². The largest absolute Gasteiger partial charge is 0.312 e. The van der Waals surface area contributed by atoms with Crippen LogP contribution in [0.5, 0.6) is 0 Å². The number of rotatable bonds is 0. The maximum atomic E-state index is 3.42. The fourth-order valence-electron chi connectivity index (χ4n) is 2.30. The second-order valence-electron chi connectivity index (χ2n) is 5.09. The predicted molar refractivity (Wildman–Crippen MR) is 77.1 cm³/mol. The molecule has 2 aliphatic rings. The molecule has 0 spiro atoms. The van der Waals surface area contributed by atoms with Crippen LogP contribution in [0.1, 0.15) is 53.4 Å². The molecule has 2 saturated heterocycles. The predicted octanol–water partition coefficient (Wildman–Crippen LogP) is 3.14. The van der Waals surface area contributed by atoms with Crippen LogP contribution in [-0.4, -0.2) is 24.2 Å². The summed E-state index contributed by atoms with van der Waals surface area (Å²) < 4.78 is 0. The van der Waals surface area contributed by atoms with Crippen LogP contribution in [0.15, 0.2) is 0 Å². The molecule has 0 unspecified atom stereocenters. The SMILES string of the molecule is C[C@@H]1CC[C@H](C)N1.C[C@@H]1CC[C@H](C)N1.Cl.Cl. The van der Waals surface area contributed by atoms with E-state index in [4.69, 9.17) is 0 Å². The average Bonchev–Trinajstić information content (AvgIpc) is 2.63. The molecule has 0 aromatic rings. The lowest BCUT2D eigenvalue weighted by Crippen LogP contribution is -2.23. The van der Waals surface area contributed by atoms with Gasteiger partial charge in [0, 0.05) is 24.2 Å². The van der Waals surface area contributed by atoms with Crippen LogP contribution < -0.4 is 10.6 Å². The van der Waals surface area contributed by atoms with Crippen LogP contribution in [0.4, 0.5) is 0 Å². The number of halogens is 2. The van der Waals surface area contributed by atoms with Crippen molar-refractivity contribution >= 4 is 24.8 Å². The van der Waals surface area contributed by atoms with E-state index in [0.717, 1.165) is 24.2 Å². The average molecular weight is 271 g/mol. The maximum Gasteiger partial charge on any atom is 0.00417 e. The minimum atomic E-state index is 0. The summed E-state index contributed by atoms with van der Waals surface area (Å²) in [5, 5.41) is 6.83. The van der Waals surface area contributed by atoms with Crippen LogP contribution in [0, 0.1) is 0 Å². The monoisotopic (exact) mass is 270 g/mol. The van der Waals surface area contributed by atoms with Gasteiger partial charge in [0.15, 0.2) is 0 Å². The normalized spacial score (nSPS) is 36.8. The summed E-state index contributed by atoms with van der Waals surface area (Å²) in [6.07, 6.45) is 5.45. The molecule has 2 rings (SSSR count). The van der Waals surface area contributed by atoms with Crippen LogP contribution in [0.3, 0.4) is 0 Å². The van der Waals surface area contributed by atoms with Gasteiger partial charge in [-0.1, -0.05) is 0 Å².